The molecule has 13 aromatic rings. The summed E-state index contributed by atoms with van der Waals surface area (Å²) in [4.78, 5) is 62.7. The van der Waals surface area contributed by atoms with Crippen molar-refractivity contribution < 1.29 is 54.1 Å². The van der Waals surface area contributed by atoms with Crippen molar-refractivity contribution in [3.8, 4) is 52.0 Å². The van der Waals surface area contributed by atoms with Crippen molar-refractivity contribution in [2.45, 2.75) is 139 Å². The number of carboxylic acid groups (broad SMARTS) is 1. The van der Waals surface area contributed by atoms with Crippen LogP contribution in [0.5, 0.6) is 0 Å². The van der Waals surface area contributed by atoms with E-state index in [1.807, 2.05) is 104 Å². The third kappa shape index (κ3) is 20.5. The van der Waals surface area contributed by atoms with Gasteiger partial charge in [-0.3, -0.25) is 14.3 Å². The number of carboxylic acids is 1. The lowest BCUT2D eigenvalue weighted by molar-refractivity contribution is 0.00578. The van der Waals surface area contributed by atoms with Crippen LogP contribution < -0.4 is 21.8 Å². The number of pyridine rings is 6. The first-order valence-corrected chi connectivity index (χ1v) is 43.6. The Morgan fingerprint density at radius 2 is 0.805 bits per heavy atom. The summed E-state index contributed by atoms with van der Waals surface area (Å²) in [7, 11) is -11.7. The van der Waals surface area contributed by atoms with Crippen molar-refractivity contribution in [1.29, 1.82) is 15.8 Å². The van der Waals surface area contributed by atoms with Gasteiger partial charge in [-0.15, -0.1) is 0 Å². The molecule has 1 aliphatic rings. The molecule has 0 aliphatic carbocycles. The first kappa shape index (κ1) is 89.6. The van der Waals surface area contributed by atoms with Gasteiger partial charge in [-0.2, -0.15) is 20.9 Å². The molecule has 1 saturated heterocycles. The van der Waals surface area contributed by atoms with Gasteiger partial charge in [0.05, 0.1) is 83.5 Å². The van der Waals surface area contributed by atoms with E-state index in [9.17, 15) is 39.6 Å². The third-order valence-corrected chi connectivity index (χ3v) is 26.5. The van der Waals surface area contributed by atoms with E-state index in [0.717, 1.165) is 11.2 Å². The number of nitriles is 3. The van der Waals surface area contributed by atoms with Crippen molar-refractivity contribution >= 4 is 161 Å². The Kier molecular flexibility index (Phi) is 27.2. The molecule has 1 fully saturated rings. The van der Waals surface area contributed by atoms with E-state index in [1.165, 1.54) is 48.7 Å². The van der Waals surface area contributed by atoms with Crippen molar-refractivity contribution in [2.24, 2.45) is 5.73 Å². The summed E-state index contributed by atoms with van der Waals surface area (Å²) >= 11 is 5.90. The highest BCUT2D eigenvalue weighted by Crippen LogP contribution is 2.38. The number of fused-ring (bicyclic) bond motifs is 3. The Hall–Kier alpha value is -10.7. The predicted octanol–water partition coefficient (Wildman–Crippen LogP) is 13.9. The van der Waals surface area contributed by atoms with Gasteiger partial charge < -0.3 is 30.8 Å². The van der Waals surface area contributed by atoms with E-state index in [4.69, 9.17) is 35.9 Å². The zero-order chi connectivity index (χ0) is 86.4. The molecule has 0 unspecified atom stereocenters. The molecule has 0 radical (unpaired) electrons. The number of amides is 2. The fourth-order valence-electron chi connectivity index (χ4n) is 11.2. The van der Waals surface area contributed by atoms with E-state index in [0.29, 0.717) is 84.0 Å². The van der Waals surface area contributed by atoms with Crippen LogP contribution in [0.3, 0.4) is 0 Å². The number of aryl methyl sites for hydroxylation is 1. The number of aromatic carboxylic acids is 1. The second-order valence-corrected chi connectivity index (χ2v) is 38.3. The van der Waals surface area contributed by atoms with Gasteiger partial charge in [0.25, 0.3) is 41.9 Å². The minimum atomic E-state index is -3.82. The lowest BCUT2D eigenvalue weighted by atomic mass is 9.79. The lowest BCUT2D eigenvalue weighted by Gasteiger charge is -2.32. The summed E-state index contributed by atoms with van der Waals surface area (Å²) in [5.41, 5.74) is 8.32. The molecule has 0 spiro atoms. The molecule has 5 N–H and O–H groups in total. The van der Waals surface area contributed by atoms with Crippen LogP contribution in [0.1, 0.15) is 126 Å². The van der Waals surface area contributed by atoms with Crippen molar-refractivity contribution in [1.82, 2.24) is 62.2 Å². The Bertz CT molecular complexity index is 6250. The molecule has 11 heterocycles. The molecule has 36 heteroatoms. The number of nitrogens with one attached hydrogen (secondary N) is 2. The summed E-state index contributed by atoms with van der Waals surface area (Å²) in [5.74, 6) is -2.05. The molecule has 606 valence electrons. The highest BCUT2D eigenvalue weighted by atomic mass is 127. The van der Waals surface area contributed by atoms with Crippen LogP contribution in [-0.4, -0.2) is 135 Å². The number of rotatable bonds is 16. The number of hydrogen-bond donors (Lipinski definition) is 4. The monoisotopic (exact) mass is 1980 g/mol. The van der Waals surface area contributed by atoms with E-state index >= 15 is 0 Å². The normalized spacial score (nSPS) is 13.2. The van der Waals surface area contributed by atoms with Crippen molar-refractivity contribution in [3.05, 3.63) is 241 Å². The zero-order valence-corrected chi connectivity index (χ0v) is 74.8. The number of hydrogen-bond acceptors (Lipinski definition) is 22. The van der Waals surface area contributed by atoms with Gasteiger partial charge in [0.15, 0.2) is 16.9 Å². The van der Waals surface area contributed by atoms with Gasteiger partial charge in [-0.05, 0) is 267 Å². The van der Waals surface area contributed by atoms with Crippen LogP contribution in [0, 0.1) is 52.0 Å². The van der Waals surface area contributed by atoms with E-state index < -0.39 is 64.5 Å². The number of carbonyl (C=O) groups excluding carboxylic acids is 2. The molecule has 14 rings (SSSR count). The molecule has 118 heavy (non-hydrogen) atoms. The lowest BCUT2D eigenvalue weighted by Crippen LogP contribution is -2.42. The van der Waals surface area contributed by atoms with Gasteiger partial charge >= 0.3 is 13.1 Å². The second kappa shape index (κ2) is 35.8. The molecule has 10 aromatic heterocycles. The van der Waals surface area contributed by atoms with Crippen molar-refractivity contribution in [3.63, 3.8) is 0 Å². The number of aromatic nitrogens is 11. The quantitative estimate of drug-likeness (QED) is 0.0515. The summed E-state index contributed by atoms with van der Waals surface area (Å²) in [6.45, 7) is 24.2. The molecule has 0 saturated carbocycles. The molecule has 1 aliphatic heterocycles. The largest absolute Gasteiger partial charge is 0.498 e. The summed E-state index contributed by atoms with van der Waals surface area (Å²) in [5, 5.41) is 47.0. The van der Waals surface area contributed by atoms with Crippen LogP contribution in [0.15, 0.2) is 221 Å². The average Bonchev–Trinajstić information content (AvgIpc) is 1.63. The smallest absolute Gasteiger partial charge is 0.477 e. The number of halogens is 3. The zero-order valence-electron chi connectivity index (χ0n) is 65.9. The summed E-state index contributed by atoms with van der Waals surface area (Å²) < 4.78 is 98.0. The van der Waals surface area contributed by atoms with E-state index in [1.54, 1.807) is 205 Å². The number of carbonyl (C=O) groups is 3. The van der Waals surface area contributed by atoms with Crippen LogP contribution in [0.25, 0.3) is 66.9 Å². The number of nitrogens with two attached hydrogens (primary N) is 1. The van der Waals surface area contributed by atoms with Gasteiger partial charge in [0, 0.05) is 69.1 Å². The maximum Gasteiger partial charge on any atom is 0.498 e. The minimum Gasteiger partial charge on any atom is -0.477 e. The molecule has 3 aromatic carbocycles. The minimum absolute atomic E-state index is 0.0728. The maximum atomic E-state index is 13.2. The molecular weight excluding hydrogens is 1900 g/mol. The highest BCUT2D eigenvalue weighted by Gasteiger charge is 2.52. The maximum absolute atomic E-state index is 13.2. The molecule has 0 bridgehead atoms. The molecular formula is C82H79BI3N17O12S3. The van der Waals surface area contributed by atoms with Gasteiger partial charge in [-0.1, -0.05) is 72.8 Å². The molecule has 29 nitrogen and oxygen atoms in total. The second-order valence-electron chi connectivity index (χ2n) is 29.6. The molecule has 2 amide bonds. The summed E-state index contributed by atoms with van der Waals surface area (Å²) in [6, 6.07) is 55.9. The number of benzene rings is 3. The van der Waals surface area contributed by atoms with E-state index in [-0.39, 0.29) is 50.1 Å². The third-order valence-electron chi connectivity index (χ3n) is 18.0. The van der Waals surface area contributed by atoms with Gasteiger partial charge in [-0.25, -0.2) is 71.9 Å². The van der Waals surface area contributed by atoms with Gasteiger partial charge in [0.1, 0.15) is 28.2 Å². The first-order valence-electron chi connectivity index (χ1n) is 36.0. The first-order chi connectivity index (χ1) is 55.3. The number of nitrogens with zero attached hydrogens (tertiary/aromatic N) is 14. The molecule has 0 atom stereocenters. The van der Waals surface area contributed by atoms with Crippen LogP contribution >= 0.6 is 67.8 Å². The van der Waals surface area contributed by atoms with Gasteiger partial charge in [0.2, 0.25) is 0 Å². The Balaban J connectivity index is 0.000000165. The highest BCUT2D eigenvalue weighted by molar-refractivity contribution is 14.1. The van der Waals surface area contributed by atoms with Crippen LogP contribution in [-0.2, 0) is 39.4 Å². The standard InChI is InChI=1S/2C23H18IN5O3S.C19H12IN3O4S.C13H23BN2O2.C4H8N2/c2*1-23(2,14-25)28-22(30)19-10-6-9-18(27-19)16-11-15-12-20(24)29(21(15)26-13-16)33(31,32)17-7-4-3-5-8-17;20-17-10-12-9-13(15-7-4-8-16(22-15)19(24)25)11-21-18(12)23(17)28(26,27)14-5-2-1-3-6-14;1-9(2)16-8-11(10(3)15-16)14-17-12(4,5)13(6,7)18-14;1-4(2,6)3-5/h2*3-13H,1-2H3,(H,28,30);1-11H,(H,24,25);8-9H,1-7H3;6H2,1-2H3. The fraction of sp³-hybridized carbons (Fsp3) is 0.232. The van der Waals surface area contributed by atoms with Crippen molar-refractivity contribution in [2.75, 3.05) is 0 Å². The fourth-order valence-corrected chi connectivity index (χ4v) is 19.3. The summed E-state index contributed by atoms with van der Waals surface area (Å²) in [6.07, 6.45) is 6.57. The predicted molar refractivity (Wildman–Crippen MR) is 472 cm³/mol. The van der Waals surface area contributed by atoms with E-state index in [2.05, 4.69) is 87.2 Å². The van der Waals surface area contributed by atoms with Crippen LogP contribution in [0.2, 0.25) is 0 Å². The SMILES string of the molecule is CC(C)(C#N)NC(=O)c1cccc(-c2cnc3c(c2)cc(I)n3S(=O)(=O)c2ccccc2)n1.CC(C)(C#N)NC(=O)c1cccc(-c2cnc3c(c2)cc(I)n3S(=O)(=O)c2ccccc2)n1.CC(C)(N)C#N.Cc1nn(C(C)C)cc1B1OC(C)(C)C(C)(C)O1.O=C(O)c1cccc(-c2cnc3c(c2)cc(I)n3S(=O)(=O)c2ccccc2)n1. The Labute approximate surface area is 723 Å². The Morgan fingerprint density at radius 3 is 1.08 bits per heavy atom. The van der Waals surface area contributed by atoms with Crippen LogP contribution in [0.4, 0.5) is 0 Å². The Morgan fingerprint density at radius 1 is 0.500 bits per heavy atom. The topological polar surface area (TPSA) is 424 Å². The average molecular weight is 1980 g/mol.